The van der Waals surface area contributed by atoms with Crippen LogP contribution < -0.4 is 15.4 Å². The van der Waals surface area contributed by atoms with E-state index in [0.29, 0.717) is 45.2 Å². The zero-order chi connectivity index (χ0) is 29.8. The number of aromatic nitrogens is 1. The van der Waals surface area contributed by atoms with Crippen LogP contribution in [0.1, 0.15) is 71.7 Å². The fraction of sp³-hybridized carbons (Fsp3) is 0.333. The van der Waals surface area contributed by atoms with Crippen molar-refractivity contribution in [3.8, 4) is 17.0 Å². The van der Waals surface area contributed by atoms with E-state index in [4.69, 9.17) is 26.7 Å². The van der Waals surface area contributed by atoms with Crippen LogP contribution in [0.15, 0.2) is 54.6 Å². The van der Waals surface area contributed by atoms with Gasteiger partial charge in [0, 0.05) is 15.8 Å². The van der Waals surface area contributed by atoms with Gasteiger partial charge in [0.15, 0.2) is 5.11 Å². The Labute approximate surface area is 255 Å². The van der Waals surface area contributed by atoms with Crippen molar-refractivity contribution >= 4 is 56.4 Å². The first-order valence-corrected chi connectivity index (χ1v) is 15.6. The highest BCUT2D eigenvalue weighted by Crippen LogP contribution is 2.40. The summed E-state index contributed by atoms with van der Waals surface area (Å²) in [5.74, 6) is 0.554. The Balaban J connectivity index is 1.42. The summed E-state index contributed by atoms with van der Waals surface area (Å²) in [5.41, 5.74) is 4.18. The summed E-state index contributed by atoms with van der Waals surface area (Å²) in [4.78, 5) is 32.7. The monoisotopic (exact) mass is 601 g/mol. The van der Waals surface area contributed by atoms with Crippen molar-refractivity contribution < 1.29 is 19.1 Å². The summed E-state index contributed by atoms with van der Waals surface area (Å²) in [6.07, 6.45) is 3.51. The number of ether oxygens (including phenoxy) is 2. The van der Waals surface area contributed by atoms with Gasteiger partial charge in [-0.25, -0.2) is 9.78 Å². The number of carbonyl (C=O) groups is 2. The molecule has 0 saturated carbocycles. The van der Waals surface area contributed by atoms with E-state index in [1.165, 1.54) is 16.2 Å². The third-order valence-corrected chi connectivity index (χ3v) is 8.44. The number of nitrogens with zero attached hydrogens (tertiary/aromatic N) is 1. The Bertz CT molecular complexity index is 1650. The van der Waals surface area contributed by atoms with E-state index in [1.54, 1.807) is 6.07 Å². The van der Waals surface area contributed by atoms with Gasteiger partial charge < -0.3 is 14.8 Å². The van der Waals surface area contributed by atoms with E-state index in [1.807, 2.05) is 69.3 Å². The van der Waals surface area contributed by atoms with E-state index in [9.17, 15) is 9.59 Å². The number of anilines is 1. The van der Waals surface area contributed by atoms with Crippen LogP contribution in [0.2, 0.25) is 0 Å². The van der Waals surface area contributed by atoms with E-state index in [0.717, 1.165) is 42.6 Å². The number of pyridine rings is 1. The van der Waals surface area contributed by atoms with Gasteiger partial charge in [-0.2, -0.15) is 0 Å². The van der Waals surface area contributed by atoms with Gasteiger partial charge in [0.2, 0.25) is 0 Å². The lowest BCUT2D eigenvalue weighted by molar-refractivity contribution is 0.0505. The SMILES string of the molecule is CCCOC(=O)c1c(NC(=S)NC(=O)c2cc(-c3cccc(OC(C)C)c3)nc3ccccc23)sc2c1CCC(C)C2. The quantitative estimate of drug-likeness (QED) is 0.159. The number of hydrogen-bond donors (Lipinski definition) is 2. The van der Waals surface area contributed by atoms with Gasteiger partial charge in [0.05, 0.1) is 35.0 Å². The Hall–Kier alpha value is -3.82. The first-order chi connectivity index (χ1) is 20.2. The zero-order valence-corrected chi connectivity index (χ0v) is 25.9. The van der Waals surface area contributed by atoms with Crippen LogP contribution in [-0.2, 0) is 17.6 Å². The normalized spacial score (nSPS) is 14.4. The van der Waals surface area contributed by atoms with E-state index < -0.39 is 0 Å². The number of benzene rings is 2. The summed E-state index contributed by atoms with van der Waals surface area (Å²) in [7, 11) is 0. The van der Waals surface area contributed by atoms with Crippen molar-refractivity contribution in [1.29, 1.82) is 0 Å². The Morgan fingerprint density at radius 1 is 1.14 bits per heavy atom. The number of nitrogens with one attached hydrogen (secondary N) is 2. The predicted molar refractivity (Wildman–Crippen MR) is 173 cm³/mol. The van der Waals surface area contributed by atoms with Gasteiger partial charge in [-0.15, -0.1) is 11.3 Å². The zero-order valence-electron chi connectivity index (χ0n) is 24.3. The Kier molecular flexibility index (Phi) is 9.18. The second-order valence-electron chi connectivity index (χ2n) is 10.9. The van der Waals surface area contributed by atoms with Crippen LogP contribution in [0.25, 0.3) is 22.2 Å². The van der Waals surface area contributed by atoms with Gasteiger partial charge >= 0.3 is 5.97 Å². The molecule has 5 rings (SSSR count). The third-order valence-electron chi connectivity index (χ3n) is 7.07. The molecular weight excluding hydrogens is 567 g/mol. The van der Waals surface area contributed by atoms with Crippen LogP contribution in [0, 0.1) is 5.92 Å². The van der Waals surface area contributed by atoms with Crippen LogP contribution in [0.4, 0.5) is 5.00 Å². The second-order valence-corrected chi connectivity index (χ2v) is 12.4. The molecular formula is C33H35N3O4S2. The molecule has 7 nitrogen and oxygen atoms in total. The molecule has 0 fully saturated rings. The fourth-order valence-electron chi connectivity index (χ4n) is 5.14. The van der Waals surface area contributed by atoms with Crippen molar-refractivity contribution in [2.45, 2.75) is 59.5 Å². The highest BCUT2D eigenvalue weighted by Gasteiger charge is 2.29. The number of esters is 1. The molecule has 2 aromatic heterocycles. The average Bonchev–Trinajstić information content (AvgIpc) is 3.31. The molecule has 9 heteroatoms. The van der Waals surface area contributed by atoms with E-state index in [2.05, 4.69) is 17.6 Å². The van der Waals surface area contributed by atoms with Crippen molar-refractivity contribution in [2.24, 2.45) is 5.92 Å². The molecule has 1 unspecified atom stereocenters. The number of thiophene rings is 1. The summed E-state index contributed by atoms with van der Waals surface area (Å²) >= 11 is 7.11. The van der Waals surface area contributed by atoms with Crippen LogP contribution >= 0.6 is 23.6 Å². The summed E-state index contributed by atoms with van der Waals surface area (Å²) < 4.78 is 11.4. The molecule has 0 spiro atoms. The lowest BCUT2D eigenvalue weighted by Gasteiger charge is -2.18. The topological polar surface area (TPSA) is 89.6 Å². The van der Waals surface area contributed by atoms with Gasteiger partial charge in [-0.05, 0) is 87.5 Å². The number of rotatable bonds is 8. The Morgan fingerprint density at radius 2 is 1.95 bits per heavy atom. The molecule has 0 bridgehead atoms. The third kappa shape index (κ3) is 6.63. The van der Waals surface area contributed by atoms with Crippen molar-refractivity contribution in [3.05, 3.63) is 76.2 Å². The minimum Gasteiger partial charge on any atom is -0.491 e. The maximum absolute atomic E-state index is 13.7. The Morgan fingerprint density at radius 3 is 2.74 bits per heavy atom. The number of amides is 1. The number of thiocarbonyl (C=S) groups is 1. The second kappa shape index (κ2) is 13.0. The van der Waals surface area contributed by atoms with Crippen LogP contribution in [0.5, 0.6) is 5.75 Å². The van der Waals surface area contributed by atoms with Crippen molar-refractivity contribution in [1.82, 2.24) is 10.3 Å². The van der Waals surface area contributed by atoms with E-state index >= 15 is 0 Å². The lowest BCUT2D eigenvalue weighted by Crippen LogP contribution is -2.34. The molecule has 0 aliphatic heterocycles. The van der Waals surface area contributed by atoms with Crippen molar-refractivity contribution in [2.75, 3.05) is 11.9 Å². The van der Waals surface area contributed by atoms with Gasteiger partial charge in [0.1, 0.15) is 10.8 Å². The highest BCUT2D eigenvalue weighted by atomic mass is 32.1. The van der Waals surface area contributed by atoms with Crippen LogP contribution in [0.3, 0.4) is 0 Å². The van der Waals surface area contributed by atoms with Crippen LogP contribution in [-0.4, -0.2) is 34.7 Å². The standard InChI is InChI=1S/C33H35N3O4S2/c1-5-15-39-32(38)29-24-14-13-20(4)16-28(24)42-31(29)36-33(41)35-30(37)25-18-27(34-26-12-7-6-11-23(25)26)21-9-8-10-22(17-21)40-19(2)3/h6-12,17-20H,5,13-16H2,1-4H3,(H2,35,36,37,41). The molecule has 2 N–H and O–H groups in total. The minimum atomic E-state index is -0.369. The summed E-state index contributed by atoms with van der Waals surface area (Å²) in [6, 6.07) is 17.0. The molecule has 1 aliphatic rings. The van der Waals surface area contributed by atoms with Gasteiger partial charge in [0.25, 0.3) is 5.91 Å². The molecule has 2 aromatic carbocycles. The first kappa shape index (κ1) is 29.7. The molecule has 1 aliphatic carbocycles. The molecule has 42 heavy (non-hydrogen) atoms. The number of carbonyl (C=O) groups excluding carboxylic acids is 2. The lowest BCUT2D eigenvalue weighted by atomic mass is 9.88. The molecule has 0 radical (unpaired) electrons. The molecule has 218 valence electrons. The largest absolute Gasteiger partial charge is 0.491 e. The fourth-order valence-corrected chi connectivity index (χ4v) is 6.80. The number of fused-ring (bicyclic) bond motifs is 2. The summed E-state index contributed by atoms with van der Waals surface area (Å²) in [5, 5.41) is 7.42. The van der Waals surface area contributed by atoms with Crippen molar-refractivity contribution in [3.63, 3.8) is 0 Å². The smallest absolute Gasteiger partial charge is 0.341 e. The molecule has 4 aromatic rings. The molecule has 0 saturated heterocycles. The van der Waals surface area contributed by atoms with Gasteiger partial charge in [-0.1, -0.05) is 44.2 Å². The maximum Gasteiger partial charge on any atom is 0.341 e. The van der Waals surface area contributed by atoms with E-state index in [-0.39, 0.29) is 23.1 Å². The molecule has 1 atom stereocenters. The highest BCUT2D eigenvalue weighted by molar-refractivity contribution is 7.80. The number of para-hydroxylation sites is 1. The summed E-state index contributed by atoms with van der Waals surface area (Å²) in [6.45, 7) is 8.49. The predicted octanol–water partition coefficient (Wildman–Crippen LogP) is 7.57. The number of hydrogen-bond acceptors (Lipinski definition) is 7. The molecule has 2 heterocycles. The molecule has 1 amide bonds. The minimum absolute atomic E-state index is 0.0333. The average molecular weight is 602 g/mol. The van der Waals surface area contributed by atoms with Gasteiger partial charge in [-0.3, -0.25) is 10.1 Å². The maximum atomic E-state index is 13.7. The first-order valence-electron chi connectivity index (χ1n) is 14.3.